The smallest absolute Gasteiger partial charge is 0.115 e. The molecule has 0 spiro atoms. The first kappa shape index (κ1) is 8.49. The minimum Gasteiger partial charge on any atom is -0.294 e. The molecule has 2 heteroatoms. The van der Waals surface area contributed by atoms with Crippen molar-refractivity contribution in [2.45, 2.75) is 44.8 Å². The minimum absolute atomic E-state index is 0.249. The van der Waals surface area contributed by atoms with Crippen molar-refractivity contribution in [1.29, 1.82) is 0 Å². The third-order valence-corrected chi connectivity index (χ3v) is 3.61. The maximum absolute atomic E-state index is 13.2. The quantitative estimate of drug-likeness (QED) is 0.584. The minimum atomic E-state index is -0.558. The topological polar surface area (TPSA) is 3.24 Å². The van der Waals surface area contributed by atoms with E-state index >= 15 is 0 Å². The van der Waals surface area contributed by atoms with E-state index in [-0.39, 0.29) is 5.54 Å². The van der Waals surface area contributed by atoms with Gasteiger partial charge >= 0.3 is 0 Å². The van der Waals surface area contributed by atoms with E-state index in [0.717, 1.165) is 25.3 Å². The molecule has 0 saturated carbocycles. The van der Waals surface area contributed by atoms with Crippen LogP contribution < -0.4 is 0 Å². The van der Waals surface area contributed by atoms with Crippen LogP contribution in [0.3, 0.4) is 0 Å². The molecule has 2 aliphatic rings. The van der Waals surface area contributed by atoms with E-state index in [2.05, 4.69) is 18.7 Å². The number of halogens is 1. The number of fused-ring (bicyclic) bond motifs is 1. The Balaban J connectivity index is 2.16. The van der Waals surface area contributed by atoms with Gasteiger partial charge in [-0.25, -0.2) is 4.39 Å². The number of nitrogens with zero attached hydrogens (tertiary/aromatic N) is 1. The van der Waals surface area contributed by atoms with Gasteiger partial charge in [0.2, 0.25) is 0 Å². The van der Waals surface area contributed by atoms with Gasteiger partial charge in [0.15, 0.2) is 0 Å². The lowest BCUT2D eigenvalue weighted by Crippen LogP contribution is -2.37. The Kier molecular flexibility index (Phi) is 1.90. The van der Waals surface area contributed by atoms with Gasteiger partial charge in [0.25, 0.3) is 0 Å². The van der Waals surface area contributed by atoms with Crippen molar-refractivity contribution in [3.05, 3.63) is 0 Å². The second-order valence-electron chi connectivity index (χ2n) is 4.59. The fraction of sp³-hybridized carbons (Fsp3) is 1.00. The molecule has 0 radical (unpaired) electrons. The monoisotopic (exact) mass is 171 g/mol. The number of hydrogen-bond donors (Lipinski definition) is 0. The fourth-order valence-corrected chi connectivity index (χ4v) is 3.12. The standard InChI is InChI=1S/C10H18FN/c1-3-10-4-8(2)6-12(10)7-9(11)5-10/h8-9H,3-7H2,1-2H3/t8-,9-,10+/m1/s1. The van der Waals surface area contributed by atoms with Gasteiger partial charge in [-0.05, 0) is 25.2 Å². The molecule has 12 heavy (non-hydrogen) atoms. The molecule has 2 fully saturated rings. The second kappa shape index (κ2) is 2.69. The Morgan fingerprint density at radius 3 is 2.75 bits per heavy atom. The Labute approximate surface area is 73.9 Å². The molecule has 0 aromatic rings. The van der Waals surface area contributed by atoms with Crippen LogP contribution in [0.5, 0.6) is 0 Å². The molecule has 0 unspecified atom stereocenters. The summed E-state index contributed by atoms with van der Waals surface area (Å²) in [7, 11) is 0. The van der Waals surface area contributed by atoms with Crippen molar-refractivity contribution in [3.8, 4) is 0 Å². The van der Waals surface area contributed by atoms with Gasteiger partial charge in [-0.15, -0.1) is 0 Å². The van der Waals surface area contributed by atoms with Crippen LogP contribution in [0.1, 0.15) is 33.1 Å². The fourth-order valence-electron chi connectivity index (χ4n) is 3.12. The molecule has 0 aromatic heterocycles. The lowest BCUT2D eigenvalue weighted by molar-refractivity contribution is 0.189. The SMILES string of the molecule is CC[C@@]12C[C@@H](C)CN1C[C@H](F)C2. The highest BCUT2D eigenvalue weighted by atomic mass is 19.1. The molecular formula is C10H18FN. The molecule has 2 saturated heterocycles. The maximum atomic E-state index is 13.2. The summed E-state index contributed by atoms with van der Waals surface area (Å²) < 4.78 is 13.2. The lowest BCUT2D eigenvalue weighted by Gasteiger charge is -2.29. The molecule has 0 amide bonds. The van der Waals surface area contributed by atoms with Gasteiger partial charge in [-0.3, -0.25) is 4.90 Å². The first-order valence-corrected chi connectivity index (χ1v) is 5.05. The number of alkyl halides is 1. The molecule has 0 bridgehead atoms. The Morgan fingerprint density at radius 1 is 1.42 bits per heavy atom. The Bertz CT molecular complexity index is 167. The zero-order valence-electron chi connectivity index (χ0n) is 8.02. The summed E-state index contributed by atoms with van der Waals surface area (Å²) in [6.45, 7) is 6.29. The van der Waals surface area contributed by atoms with Crippen molar-refractivity contribution in [1.82, 2.24) is 4.90 Å². The summed E-state index contributed by atoms with van der Waals surface area (Å²) >= 11 is 0. The summed E-state index contributed by atoms with van der Waals surface area (Å²) in [6.07, 6.45) is 2.56. The van der Waals surface area contributed by atoms with Gasteiger partial charge in [-0.2, -0.15) is 0 Å². The van der Waals surface area contributed by atoms with Crippen molar-refractivity contribution in [3.63, 3.8) is 0 Å². The van der Waals surface area contributed by atoms with Crippen LogP contribution in [0, 0.1) is 5.92 Å². The number of hydrogen-bond acceptors (Lipinski definition) is 1. The predicted octanol–water partition coefficient (Wildman–Crippen LogP) is 2.22. The summed E-state index contributed by atoms with van der Waals surface area (Å²) in [5, 5.41) is 0. The molecule has 3 atom stereocenters. The van der Waals surface area contributed by atoms with Crippen LogP contribution in [-0.4, -0.2) is 29.7 Å². The largest absolute Gasteiger partial charge is 0.294 e. The lowest BCUT2D eigenvalue weighted by atomic mass is 9.88. The zero-order chi connectivity index (χ0) is 8.77. The molecule has 0 aromatic carbocycles. The summed E-state index contributed by atoms with van der Waals surface area (Å²) in [5.74, 6) is 0.775. The van der Waals surface area contributed by atoms with Gasteiger partial charge in [0.1, 0.15) is 6.17 Å². The van der Waals surface area contributed by atoms with Gasteiger partial charge in [0.05, 0.1) is 0 Å². The van der Waals surface area contributed by atoms with Crippen LogP contribution in [0.2, 0.25) is 0 Å². The van der Waals surface area contributed by atoms with Crippen molar-refractivity contribution in [2.75, 3.05) is 13.1 Å². The van der Waals surface area contributed by atoms with Crippen molar-refractivity contribution in [2.24, 2.45) is 5.92 Å². The number of rotatable bonds is 1. The molecule has 70 valence electrons. The molecule has 2 heterocycles. The summed E-state index contributed by atoms with van der Waals surface area (Å²) in [4.78, 5) is 2.38. The Morgan fingerprint density at radius 2 is 2.17 bits per heavy atom. The second-order valence-corrected chi connectivity index (χ2v) is 4.59. The molecule has 2 aliphatic heterocycles. The van der Waals surface area contributed by atoms with Crippen LogP contribution in [0.4, 0.5) is 4.39 Å². The van der Waals surface area contributed by atoms with E-state index in [1.54, 1.807) is 0 Å². The summed E-state index contributed by atoms with van der Waals surface area (Å²) in [5.41, 5.74) is 0.249. The average molecular weight is 171 g/mol. The highest BCUT2D eigenvalue weighted by molar-refractivity contribution is 5.04. The normalized spacial score (nSPS) is 48.2. The van der Waals surface area contributed by atoms with E-state index in [1.807, 2.05) is 0 Å². The molecular weight excluding hydrogens is 153 g/mol. The third-order valence-electron chi connectivity index (χ3n) is 3.61. The van der Waals surface area contributed by atoms with Crippen LogP contribution in [0.15, 0.2) is 0 Å². The zero-order valence-corrected chi connectivity index (χ0v) is 8.02. The van der Waals surface area contributed by atoms with Gasteiger partial charge < -0.3 is 0 Å². The van der Waals surface area contributed by atoms with Crippen molar-refractivity contribution >= 4 is 0 Å². The van der Waals surface area contributed by atoms with E-state index < -0.39 is 6.17 Å². The van der Waals surface area contributed by atoms with Gasteiger partial charge in [0, 0.05) is 18.6 Å². The first-order valence-electron chi connectivity index (χ1n) is 5.05. The maximum Gasteiger partial charge on any atom is 0.115 e. The average Bonchev–Trinajstić information content (AvgIpc) is 2.40. The van der Waals surface area contributed by atoms with E-state index in [4.69, 9.17) is 0 Å². The Hall–Kier alpha value is -0.110. The van der Waals surface area contributed by atoms with E-state index in [0.29, 0.717) is 6.54 Å². The van der Waals surface area contributed by atoms with E-state index in [9.17, 15) is 4.39 Å². The third kappa shape index (κ3) is 1.08. The highest BCUT2D eigenvalue weighted by Crippen LogP contribution is 2.44. The van der Waals surface area contributed by atoms with Gasteiger partial charge in [-0.1, -0.05) is 13.8 Å². The van der Waals surface area contributed by atoms with E-state index in [1.165, 1.54) is 6.42 Å². The van der Waals surface area contributed by atoms with Crippen molar-refractivity contribution < 1.29 is 4.39 Å². The summed E-state index contributed by atoms with van der Waals surface area (Å²) in [6, 6.07) is 0. The van der Waals surface area contributed by atoms with Crippen LogP contribution in [0.25, 0.3) is 0 Å². The predicted molar refractivity (Wildman–Crippen MR) is 47.9 cm³/mol. The molecule has 0 aliphatic carbocycles. The molecule has 1 nitrogen and oxygen atoms in total. The molecule has 0 N–H and O–H groups in total. The van der Waals surface area contributed by atoms with Crippen LogP contribution >= 0.6 is 0 Å². The highest BCUT2D eigenvalue weighted by Gasteiger charge is 2.49. The first-order chi connectivity index (χ1) is 5.66. The van der Waals surface area contributed by atoms with Crippen LogP contribution in [-0.2, 0) is 0 Å². The molecule has 2 rings (SSSR count).